The fourth-order valence-corrected chi connectivity index (χ4v) is 4.63. The Morgan fingerprint density at radius 1 is 1.31 bits per heavy atom. The minimum absolute atomic E-state index is 0. The Labute approximate surface area is 217 Å². The summed E-state index contributed by atoms with van der Waals surface area (Å²) < 4.78 is 31.7. The standard InChI is InChI=1S/C24H25ClN6O3.ClH/c1-15-7-17(25)9-20(19(15)10-18-11-26-4-6-34-18)23-21-8-16(13-31(21)28-14-27-23)12-30-22(32)3-5-29(2)24(30)33;/h3,5,7-9,13-14,18,26H,4,6,10-12H2,1-2H3;1H/t18-;/m1./s1/i2D3;. The second kappa shape index (κ2) is 10.3. The molecule has 1 atom stereocenters. The molecule has 35 heavy (non-hydrogen) atoms. The normalized spacial score (nSPS) is 17.4. The van der Waals surface area contributed by atoms with Gasteiger partial charge in [-0.1, -0.05) is 11.6 Å². The summed E-state index contributed by atoms with van der Waals surface area (Å²) in [6, 6.07) is 6.63. The van der Waals surface area contributed by atoms with Gasteiger partial charge in [-0.2, -0.15) is 5.10 Å². The molecule has 11 heteroatoms. The first-order valence-corrected chi connectivity index (χ1v) is 11.3. The highest BCUT2D eigenvalue weighted by molar-refractivity contribution is 6.31. The quantitative estimate of drug-likeness (QED) is 0.434. The van der Waals surface area contributed by atoms with Gasteiger partial charge in [-0.05, 0) is 41.8 Å². The number of fused-ring (bicyclic) bond motifs is 1. The predicted molar refractivity (Wildman–Crippen MR) is 137 cm³/mol. The van der Waals surface area contributed by atoms with Crippen LogP contribution in [0.25, 0.3) is 16.8 Å². The summed E-state index contributed by atoms with van der Waals surface area (Å²) in [5.74, 6) is 0. The molecule has 0 unspecified atom stereocenters. The summed E-state index contributed by atoms with van der Waals surface area (Å²) in [4.78, 5) is 29.7. The van der Waals surface area contributed by atoms with Gasteiger partial charge in [0.1, 0.15) is 6.33 Å². The summed E-state index contributed by atoms with van der Waals surface area (Å²) in [5.41, 5.74) is 3.29. The van der Waals surface area contributed by atoms with E-state index in [1.165, 1.54) is 6.33 Å². The van der Waals surface area contributed by atoms with Crippen LogP contribution in [0.3, 0.4) is 0 Å². The fourth-order valence-electron chi connectivity index (χ4n) is 4.36. The van der Waals surface area contributed by atoms with Crippen molar-refractivity contribution in [3.63, 3.8) is 0 Å². The van der Waals surface area contributed by atoms with E-state index in [4.69, 9.17) is 20.5 Å². The van der Waals surface area contributed by atoms with Crippen LogP contribution < -0.4 is 16.6 Å². The van der Waals surface area contributed by atoms with Gasteiger partial charge in [0.25, 0.3) is 5.56 Å². The Bertz CT molecular complexity index is 1590. The Balaban J connectivity index is 0.00000336. The van der Waals surface area contributed by atoms with Crippen molar-refractivity contribution >= 4 is 29.5 Å². The monoisotopic (exact) mass is 519 g/mol. The highest BCUT2D eigenvalue weighted by Gasteiger charge is 2.21. The van der Waals surface area contributed by atoms with Crippen molar-refractivity contribution in [3.05, 3.63) is 85.5 Å². The molecular weight excluding hydrogens is 491 g/mol. The van der Waals surface area contributed by atoms with Gasteiger partial charge in [0.05, 0.1) is 30.5 Å². The molecule has 0 spiro atoms. The van der Waals surface area contributed by atoms with Crippen molar-refractivity contribution < 1.29 is 8.85 Å². The molecule has 3 aromatic heterocycles. The zero-order valence-electron chi connectivity index (χ0n) is 21.9. The van der Waals surface area contributed by atoms with Crippen LogP contribution in [0.5, 0.6) is 0 Å². The lowest BCUT2D eigenvalue weighted by Crippen LogP contribution is -2.39. The number of benzene rings is 1. The van der Waals surface area contributed by atoms with Crippen LogP contribution in [0.4, 0.5) is 0 Å². The van der Waals surface area contributed by atoms with E-state index >= 15 is 0 Å². The lowest BCUT2D eigenvalue weighted by molar-refractivity contribution is 0.0292. The summed E-state index contributed by atoms with van der Waals surface area (Å²) in [6.45, 7) is 1.39. The molecule has 1 aromatic carbocycles. The molecular formula is C24H26Cl2N6O3. The van der Waals surface area contributed by atoms with Crippen LogP contribution in [0.2, 0.25) is 5.02 Å². The molecule has 9 nitrogen and oxygen atoms in total. The molecule has 0 amide bonds. The minimum Gasteiger partial charge on any atom is -0.375 e. The predicted octanol–water partition coefficient (Wildman–Crippen LogP) is 2.22. The van der Waals surface area contributed by atoms with Crippen LogP contribution in [-0.2, 0) is 24.7 Å². The fraction of sp³-hybridized carbons (Fsp3) is 0.333. The van der Waals surface area contributed by atoms with Gasteiger partial charge < -0.3 is 14.6 Å². The third-order valence-electron chi connectivity index (χ3n) is 6.00. The van der Waals surface area contributed by atoms with Gasteiger partial charge in [0.2, 0.25) is 0 Å². The van der Waals surface area contributed by atoms with Gasteiger partial charge in [0, 0.05) is 59.6 Å². The molecule has 1 aliphatic rings. The van der Waals surface area contributed by atoms with Gasteiger partial charge >= 0.3 is 5.69 Å². The lowest BCUT2D eigenvalue weighted by Gasteiger charge is -2.25. The third kappa shape index (κ3) is 5.04. The smallest absolute Gasteiger partial charge is 0.331 e. The highest BCUT2D eigenvalue weighted by atomic mass is 35.5. The summed E-state index contributed by atoms with van der Waals surface area (Å²) in [5, 5.41) is 8.22. The number of nitrogens with zero attached hydrogens (tertiary/aromatic N) is 5. The molecule has 1 fully saturated rings. The number of hydrogen-bond donors (Lipinski definition) is 1. The van der Waals surface area contributed by atoms with Crippen molar-refractivity contribution in [3.8, 4) is 11.3 Å². The van der Waals surface area contributed by atoms with E-state index in [9.17, 15) is 9.59 Å². The number of aryl methyl sites for hydroxylation is 2. The molecule has 1 saturated heterocycles. The summed E-state index contributed by atoms with van der Waals surface area (Å²) in [7, 11) is 0. The Morgan fingerprint density at radius 2 is 2.17 bits per heavy atom. The molecule has 1 N–H and O–H groups in total. The lowest BCUT2D eigenvalue weighted by atomic mass is 9.94. The molecule has 5 rings (SSSR count). The van der Waals surface area contributed by atoms with E-state index in [-0.39, 0.29) is 25.1 Å². The van der Waals surface area contributed by atoms with Crippen LogP contribution in [0.1, 0.15) is 20.8 Å². The van der Waals surface area contributed by atoms with Crippen LogP contribution in [0, 0.1) is 6.92 Å². The van der Waals surface area contributed by atoms with E-state index in [1.54, 1.807) is 16.8 Å². The van der Waals surface area contributed by atoms with E-state index in [1.807, 2.05) is 19.1 Å². The third-order valence-corrected chi connectivity index (χ3v) is 6.22. The van der Waals surface area contributed by atoms with Gasteiger partial charge in [-0.25, -0.2) is 14.3 Å². The van der Waals surface area contributed by atoms with Crippen LogP contribution in [0.15, 0.2) is 52.6 Å². The van der Waals surface area contributed by atoms with Crippen LogP contribution in [-0.4, -0.2) is 49.5 Å². The van der Waals surface area contributed by atoms with Gasteiger partial charge in [0.15, 0.2) is 0 Å². The van der Waals surface area contributed by atoms with E-state index < -0.39 is 18.2 Å². The second-order valence-electron chi connectivity index (χ2n) is 8.33. The number of halogens is 2. The molecule has 4 heterocycles. The van der Waals surface area contributed by atoms with E-state index in [0.29, 0.717) is 39.4 Å². The number of aromatic nitrogens is 5. The van der Waals surface area contributed by atoms with E-state index in [2.05, 4.69) is 15.4 Å². The molecule has 0 saturated carbocycles. The zero-order chi connectivity index (χ0) is 26.3. The highest BCUT2D eigenvalue weighted by Crippen LogP contribution is 2.33. The van der Waals surface area contributed by atoms with Crippen LogP contribution >= 0.6 is 24.0 Å². The summed E-state index contributed by atoms with van der Waals surface area (Å²) >= 11 is 6.45. The number of ether oxygens (including phenoxy) is 1. The van der Waals surface area contributed by atoms with Crippen molar-refractivity contribution in [2.45, 2.75) is 26.0 Å². The molecule has 0 radical (unpaired) electrons. The first-order valence-electron chi connectivity index (χ1n) is 12.4. The summed E-state index contributed by atoms with van der Waals surface area (Å²) in [6.07, 6.45) is 4.79. The van der Waals surface area contributed by atoms with Crippen molar-refractivity contribution in [1.82, 2.24) is 29.0 Å². The first kappa shape index (κ1) is 21.3. The zero-order valence-corrected chi connectivity index (χ0v) is 20.5. The SMILES string of the molecule is Cl.[2H]C([2H])([2H])n1ccc(=O)n(Cc2cc3c(-c4cc(Cl)cc(C)c4C[C@@H]4CNCCO4)ncnn3c2)c1=O. The maximum Gasteiger partial charge on any atom is 0.331 e. The number of morpholine rings is 1. The molecule has 4 aromatic rings. The minimum atomic E-state index is -2.70. The van der Waals surface area contributed by atoms with Gasteiger partial charge in [-0.15, -0.1) is 12.4 Å². The molecule has 184 valence electrons. The largest absolute Gasteiger partial charge is 0.375 e. The van der Waals surface area contributed by atoms with Crippen molar-refractivity contribution in [2.24, 2.45) is 6.98 Å². The average Bonchev–Trinajstić information content (AvgIpc) is 3.26. The van der Waals surface area contributed by atoms with Crippen molar-refractivity contribution in [1.29, 1.82) is 0 Å². The molecule has 0 bridgehead atoms. The number of nitrogens with one attached hydrogen (secondary N) is 1. The number of hydrogen-bond acceptors (Lipinski definition) is 6. The first-order chi connectivity index (χ1) is 17.6. The number of rotatable bonds is 5. The maximum absolute atomic E-state index is 12.8. The van der Waals surface area contributed by atoms with E-state index in [0.717, 1.165) is 46.6 Å². The maximum atomic E-state index is 12.8. The van der Waals surface area contributed by atoms with Gasteiger partial charge in [-0.3, -0.25) is 9.36 Å². The topological polar surface area (TPSA) is 95.4 Å². The Hall–Kier alpha value is -2.98. The average molecular weight is 520 g/mol. The van der Waals surface area contributed by atoms with Crippen molar-refractivity contribution in [2.75, 3.05) is 19.7 Å². The molecule has 1 aliphatic heterocycles. The Kier molecular flexibility index (Phi) is 6.29. The molecule has 0 aliphatic carbocycles. The second-order valence-corrected chi connectivity index (χ2v) is 8.77. The Morgan fingerprint density at radius 3 is 2.94 bits per heavy atom.